The minimum Gasteiger partial charge on any atom is -0.481 e. The number of nitrogens with one attached hydrogen (secondary N) is 2. The number of piperidine rings is 1. The Morgan fingerprint density at radius 1 is 1.28 bits per heavy atom. The maximum absolute atomic E-state index is 12.7. The predicted molar refractivity (Wildman–Crippen MR) is 117 cm³/mol. The minimum absolute atomic E-state index is 0. The molecule has 1 atom stereocenters. The van der Waals surface area contributed by atoms with Gasteiger partial charge in [0.1, 0.15) is 5.75 Å². The zero-order valence-electron chi connectivity index (χ0n) is 17.9. The van der Waals surface area contributed by atoms with Crippen LogP contribution in [0.25, 0.3) is 0 Å². The summed E-state index contributed by atoms with van der Waals surface area (Å²) in [5.74, 6) is 2.51. The molecule has 2 aromatic rings. The van der Waals surface area contributed by atoms with Crippen molar-refractivity contribution in [2.24, 2.45) is 7.05 Å². The van der Waals surface area contributed by atoms with E-state index in [-0.39, 0.29) is 18.3 Å². The third-order valence-corrected chi connectivity index (χ3v) is 5.27. The molecule has 1 saturated heterocycles. The van der Waals surface area contributed by atoms with Gasteiger partial charge in [0.05, 0.1) is 0 Å². The first-order valence-corrected chi connectivity index (χ1v) is 10.0. The fourth-order valence-electron chi connectivity index (χ4n) is 3.32. The number of hydrogen-bond donors (Lipinski definition) is 2. The molecule has 0 spiro atoms. The highest BCUT2D eigenvalue weighted by Crippen LogP contribution is 2.26. The Kier molecular flexibility index (Phi) is 8.05. The second-order valence-electron chi connectivity index (χ2n) is 7.87. The molecule has 0 radical (unpaired) electrons. The van der Waals surface area contributed by atoms with Gasteiger partial charge in [-0.3, -0.25) is 10.1 Å². The van der Waals surface area contributed by atoms with Crippen molar-refractivity contribution in [1.29, 1.82) is 0 Å². The van der Waals surface area contributed by atoms with E-state index in [2.05, 4.69) is 40.6 Å². The number of hydrogen-bond acceptors (Lipinski definition) is 5. The summed E-state index contributed by atoms with van der Waals surface area (Å²) in [5.41, 5.74) is 2.20. The summed E-state index contributed by atoms with van der Waals surface area (Å²) in [6, 6.07) is 6.14. The van der Waals surface area contributed by atoms with Gasteiger partial charge in [0, 0.05) is 13.0 Å². The fraction of sp³-hybridized carbons (Fsp3) is 0.571. The van der Waals surface area contributed by atoms with Crippen LogP contribution < -0.4 is 15.4 Å². The van der Waals surface area contributed by atoms with Gasteiger partial charge < -0.3 is 10.1 Å². The zero-order valence-corrected chi connectivity index (χ0v) is 18.7. The largest absolute Gasteiger partial charge is 0.481 e. The Balaban J connectivity index is 0.00000300. The van der Waals surface area contributed by atoms with Gasteiger partial charge in [-0.1, -0.05) is 26.0 Å². The molecule has 1 amide bonds. The van der Waals surface area contributed by atoms with E-state index in [1.807, 2.05) is 19.1 Å². The Morgan fingerprint density at radius 3 is 2.62 bits per heavy atom. The molecule has 29 heavy (non-hydrogen) atoms. The molecule has 1 aliphatic heterocycles. The van der Waals surface area contributed by atoms with Crippen LogP contribution in [0, 0.1) is 6.92 Å². The van der Waals surface area contributed by atoms with Crippen molar-refractivity contribution < 1.29 is 9.53 Å². The highest BCUT2D eigenvalue weighted by atomic mass is 35.5. The second kappa shape index (κ2) is 10.1. The summed E-state index contributed by atoms with van der Waals surface area (Å²) >= 11 is 0. The molecule has 0 bridgehead atoms. The third kappa shape index (κ3) is 5.70. The molecule has 160 valence electrons. The minimum atomic E-state index is -0.639. The average Bonchev–Trinajstić information content (AvgIpc) is 3.04. The summed E-state index contributed by atoms with van der Waals surface area (Å²) in [6.07, 6.45) is 1.39. The van der Waals surface area contributed by atoms with Gasteiger partial charge in [0.2, 0.25) is 5.95 Å². The highest BCUT2D eigenvalue weighted by molar-refractivity contribution is 5.92. The molecule has 3 rings (SSSR count). The summed E-state index contributed by atoms with van der Waals surface area (Å²) in [6.45, 7) is 9.96. The summed E-state index contributed by atoms with van der Waals surface area (Å²) < 4.78 is 7.59. The van der Waals surface area contributed by atoms with Crippen molar-refractivity contribution in [3.05, 3.63) is 35.2 Å². The van der Waals surface area contributed by atoms with E-state index in [1.54, 1.807) is 18.7 Å². The van der Waals surface area contributed by atoms with Crippen LogP contribution >= 0.6 is 12.4 Å². The first kappa shape index (κ1) is 23.2. The number of aromatic nitrogens is 3. The molecule has 8 heteroatoms. The Morgan fingerprint density at radius 2 is 1.97 bits per heavy atom. The predicted octanol–water partition coefficient (Wildman–Crippen LogP) is 3.54. The maximum atomic E-state index is 12.7. The standard InChI is InChI=1S/C21H31N5O2.ClH/c1-13(2)17-7-6-14(3)18(12-17)28-15(4)20(27)24-21-23-19(25-26(21)5)16-8-10-22-11-9-16;/h6-7,12-13,15-16,22H,8-11H2,1-5H3,(H,23,24,25,27);1H. The highest BCUT2D eigenvalue weighted by Gasteiger charge is 2.23. The van der Waals surface area contributed by atoms with Crippen molar-refractivity contribution in [3.63, 3.8) is 0 Å². The van der Waals surface area contributed by atoms with Crippen LogP contribution in [-0.4, -0.2) is 39.9 Å². The number of anilines is 1. The first-order valence-electron chi connectivity index (χ1n) is 10.0. The van der Waals surface area contributed by atoms with Crippen LogP contribution in [0.3, 0.4) is 0 Å². The summed E-state index contributed by atoms with van der Waals surface area (Å²) in [4.78, 5) is 17.2. The van der Waals surface area contributed by atoms with Gasteiger partial charge in [0.25, 0.3) is 5.91 Å². The van der Waals surface area contributed by atoms with Gasteiger partial charge in [-0.2, -0.15) is 10.1 Å². The van der Waals surface area contributed by atoms with E-state index in [0.29, 0.717) is 17.8 Å². The van der Waals surface area contributed by atoms with Crippen molar-refractivity contribution >= 4 is 24.3 Å². The number of aryl methyl sites for hydroxylation is 2. The number of ether oxygens (including phenoxy) is 1. The lowest BCUT2D eigenvalue weighted by Gasteiger charge is -2.19. The summed E-state index contributed by atoms with van der Waals surface area (Å²) in [5, 5.41) is 10.7. The SMILES string of the molecule is Cc1ccc(C(C)C)cc1OC(C)C(=O)Nc1nc(C2CCNCC2)nn1C.Cl. The van der Waals surface area contributed by atoms with Crippen molar-refractivity contribution in [2.45, 2.75) is 58.5 Å². The van der Waals surface area contributed by atoms with Crippen LogP contribution in [0.4, 0.5) is 5.95 Å². The normalized spacial score (nSPS) is 15.7. The molecule has 0 saturated carbocycles. The smallest absolute Gasteiger partial charge is 0.267 e. The number of benzene rings is 1. The van der Waals surface area contributed by atoms with Gasteiger partial charge >= 0.3 is 0 Å². The van der Waals surface area contributed by atoms with Crippen LogP contribution in [0.2, 0.25) is 0 Å². The first-order chi connectivity index (χ1) is 13.3. The van der Waals surface area contributed by atoms with Gasteiger partial charge in [-0.25, -0.2) is 4.68 Å². The van der Waals surface area contributed by atoms with Crippen LogP contribution in [0.15, 0.2) is 18.2 Å². The number of nitrogens with zero attached hydrogens (tertiary/aromatic N) is 3. The number of amides is 1. The van der Waals surface area contributed by atoms with E-state index < -0.39 is 6.10 Å². The average molecular weight is 422 g/mol. The van der Waals surface area contributed by atoms with Crippen LogP contribution in [0.1, 0.15) is 62.4 Å². The quantitative estimate of drug-likeness (QED) is 0.745. The number of carbonyl (C=O) groups is 1. The topological polar surface area (TPSA) is 81.1 Å². The molecule has 7 nitrogen and oxygen atoms in total. The van der Waals surface area contributed by atoms with Crippen molar-refractivity contribution in [1.82, 2.24) is 20.1 Å². The second-order valence-corrected chi connectivity index (χ2v) is 7.87. The monoisotopic (exact) mass is 421 g/mol. The van der Waals surface area contributed by atoms with E-state index in [1.165, 1.54) is 5.56 Å². The summed E-state index contributed by atoms with van der Waals surface area (Å²) in [7, 11) is 1.80. The molecule has 1 aromatic heterocycles. The van der Waals surface area contributed by atoms with Crippen molar-refractivity contribution in [2.75, 3.05) is 18.4 Å². The van der Waals surface area contributed by atoms with E-state index in [9.17, 15) is 4.79 Å². The lowest BCUT2D eigenvalue weighted by atomic mass is 9.98. The van der Waals surface area contributed by atoms with E-state index in [4.69, 9.17) is 4.74 Å². The van der Waals surface area contributed by atoms with E-state index >= 15 is 0 Å². The van der Waals surface area contributed by atoms with E-state index in [0.717, 1.165) is 43.1 Å². The van der Waals surface area contributed by atoms with Gasteiger partial charge in [-0.05, 0) is 62.9 Å². The maximum Gasteiger partial charge on any atom is 0.267 e. The Bertz CT molecular complexity index is 830. The molecular formula is C21H32ClN5O2. The lowest BCUT2D eigenvalue weighted by Crippen LogP contribution is -2.31. The molecular weight excluding hydrogens is 390 g/mol. The van der Waals surface area contributed by atoms with Gasteiger partial charge in [-0.15, -0.1) is 12.4 Å². The molecule has 1 aliphatic rings. The molecule has 0 aliphatic carbocycles. The molecule has 2 heterocycles. The van der Waals surface area contributed by atoms with Gasteiger partial charge in [0.15, 0.2) is 11.9 Å². The third-order valence-electron chi connectivity index (χ3n) is 5.27. The molecule has 1 unspecified atom stereocenters. The van der Waals surface area contributed by atoms with Crippen LogP contribution in [0.5, 0.6) is 5.75 Å². The Labute approximate surface area is 179 Å². The number of rotatable bonds is 6. The molecule has 1 fully saturated rings. The van der Waals surface area contributed by atoms with Crippen LogP contribution in [-0.2, 0) is 11.8 Å². The fourth-order valence-corrected chi connectivity index (χ4v) is 3.32. The lowest BCUT2D eigenvalue weighted by molar-refractivity contribution is -0.122. The zero-order chi connectivity index (χ0) is 20.3. The number of carbonyl (C=O) groups excluding carboxylic acids is 1. The van der Waals surface area contributed by atoms with Crippen molar-refractivity contribution in [3.8, 4) is 5.75 Å². The Hall–Kier alpha value is -2.12. The molecule has 2 N–H and O–H groups in total. The number of halogens is 1. The molecule has 1 aromatic carbocycles.